The van der Waals surface area contributed by atoms with E-state index in [1.165, 1.54) is 64.5 Å². The number of carbonyl (C=O) groups excluding carboxylic acids is 2. The Labute approximate surface area is 178 Å². The van der Waals surface area contributed by atoms with Gasteiger partial charge in [-0.1, -0.05) is 37.8 Å². The van der Waals surface area contributed by atoms with Crippen molar-refractivity contribution >= 4 is 29.3 Å². The van der Waals surface area contributed by atoms with Crippen molar-refractivity contribution in [3.63, 3.8) is 0 Å². The molecule has 1 aromatic carbocycles. The van der Waals surface area contributed by atoms with Crippen LogP contribution in [0.3, 0.4) is 0 Å². The molecule has 2 fully saturated rings. The Morgan fingerprint density at radius 3 is 2.55 bits per heavy atom. The molecule has 1 aromatic rings. The maximum absolute atomic E-state index is 12.7. The van der Waals surface area contributed by atoms with Gasteiger partial charge in [0.1, 0.15) is 0 Å². The average molecular weight is 416 g/mol. The number of thioether (sulfide) groups is 1. The van der Waals surface area contributed by atoms with Gasteiger partial charge in [0.15, 0.2) is 0 Å². The summed E-state index contributed by atoms with van der Waals surface area (Å²) < 4.78 is 0. The smallest absolute Gasteiger partial charge is 0.237 e. The number of amides is 2. The fourth-order valence-electron chi connectivity index (χ4n) is 5.15. The first-order chi connectivity index (χ1) is 14.2. The molecule has 1 aliphatic carbocycles. The van der Waals surface area contributed by atoms with Crippen molar-refractivity contribution in [2.75, 3.05) is 36.8 Å². The van der Waals surface area contributed by atoms with Crippen LogP contribution in [0.2, 0.25) is 0 Å². The molecule has 29 heavy (non-hydrogen) atoms. The van der Waals surface area contributed by atoms with Crippen molar-refractivity contribution in [2.45, 2.75) is 68.2 Å². The number of hydrogen-bond acceptors (Lipinski definition) is 4. The third-order valence-corrected chi connectivity index (χ3v) is 7.84. The Morgan fingerprint density at radius 1 is 1.03 bits per heavy atom. The highest BCUT2D eigenvalue weighted by molar-refractivity contribution is 8.00. The number of rotatable bonds is 6. The lowest BCUT2D eigenvalue weighted by Crippen LogP contribution is -2.58. The lowest BCUT2D eigenvalue weighted by Gasteiger charge is -2.48. The Balaban J connectivity index is 1.34. The maximum atomic E-state index is 12.7. The van der Waals surface area contributed by atoms with E-state index in [-0.39, 0.29) is 17.4 Å². The first kappa shape index (κ1) is 20.7. The quantitative estimate of drug-likeness (QED) is 0.767. The summed E-state index contributed by atoms with van der Waals surface area (Å²) in [4.78, 5) is 30.7. The molecule has 0 radical (unpaired) electrons. The van der Waals surface area contributed by atoms with Gasteiger partial charge in [-0.3, -0.25) is 14.5 Å². The molecule has 158 valence electrons. The number of nitrogens with zero attached hydrogens (tertiary/aromatic N) is 2. The largest absolute Gasteiger partial charge is 0.354 e. The van der Waals surface area contributed by atoms with Crippen molar-refractivity contribution in [3.8, 4) is 0 Å². The van der Waals surface area contributed by atoms with Gasteiger partial charge in [0.05, 0.1) is 11.4 Å². The van der Waals surface area contributed by atoms with Gasteiger partial charge in [0.25, 0.3) is 0 Å². The molecule has 3 aliphatic rings. The van der Waals surface area contributed by atoms with Crippen LogP contribution in [0.25, 0.3) is 0 Å². The Bertz CT molecular complexity index is 727. The second-order valence-electron chi connectivity index (χ2n) is 8.66. The minimum absolute atomic E-state index is 0.0652. The number of benzene rings is 1. The van der Waals surface area contributed by atoms with Crippen molar-refractivity contribution in [3.05, 3.63) is 24.3 Å². The van der Waals surface area contributed by atoms with Crippen LogP contribution < -0.4 is 10.2 Å². The third-order valence-electron chi connectivity index (χ3n) is 6.80. The van der Waals surface area contributed by atoms with Crippen LogP contribution in [-0.4, -0.2) is 54.2 Å². The van der Waals surface area contributed by atoms with Crippen LogP contribution in [0.1, 0.15) is 57.8 Å². The van der Waals surface area contributed by atoms with E-state index in [1.54, 1.807) is 16.7 Å². The zero-order valence-electron chi connectivity index (χ0n) is 17.3. The molecule has 2 heterocycles. The molecule has 2 amide bonds. The number of piperidine rings is 1. The van der Waals surface area contributed by atoms with Gasteiger partial charge < -0.3 is 10.2 Å². The lowest BCUT2D eigenvalue weighted by atomic mass is 9.79. The number of carbonyl (C=O) groups is 2. The highest BCUT2D eigenvalue weighted by Gasteiger charge is 2.38. The molecular formula is C23H33N3O2S. The topological polar surface area (TPSA) is 52.7 Å². The lowest BCUT2D eigenvalue weighted by molar-refractivity contribution is -0.122. The number of likely N-dealkylation sites (tertiary alicyclic amines) is 1. The summed E-state index contributed by atoms with van der Waals surface area (Å²) in [5.74, 6) is 0.616. The van der Waals surface area contributed by atoms with Crippen molar-refractivity contribution in [2.24, 2.45) is 0 Å². The van der Waals surface area contributed by atoms with Crippen LogP contribution in [0, 0.1) is 0 Å². The summed E-state index contributed by atoms with van der Waals surface area (Å²) in [7, 11) is 0. The van der Waals surface area contributed by atoms with E-state index in [4.69, 9.17) is 0 Å². The van der Waals surface area contributed by atoms with Gasteiger partial charge in [-0.25, -0.2) is 0 Å². The minimum atomic E-state index is 0.0652. The van der Waals surface area contributed by atoms with Gasteiger partial charge in [0, 0.05) is 29.9 Å². The molecule has 0 spiro atoms. The summed E-state index contributed by atoms with van der Waals surface area (Å²) in [6.07, 6.45) is 10.5. The molecule has 6 heteroatoms. The molecule has 0 bridgehead atoms. The summed E-state index contributed by atoms with van der Waals surface area (Å²) in [5, 5.41) is 3.25. The zero-order valence-corrected chi connectivity index (χ0v) is 18.1. The van der Waals surface area contributed by atoms with E-state index in [0.717, 1.165) is 17.1 Å². The summed E-state index contributed by atoms with van der Waals surface area (Å²) in [6, 6.07) is 7.98. The summed E-state index contributed by atoms with van der Waals surface area (Å²) in [6.45, 7) is 3.56. The van der Waals surface area contributed by atoms with Crippen LogP contribution >= 0.6 is 11.8 Å². The van der Waals surface area contributed by atoms with E-state index < -0.39 is 0 Å². The minimum Gasteiger partial charge on any atom is -0.354 e. The monoisotopic (exact) mass is 415 g/mol. The number of nitrogens with one attached hydrogen (secondary N) is 1. The predicted molar refractivity (Wildman–Crippen MR) is 118 cm³/mol. The molecule has 2 aliphatic heterocycles. The molecular weight excluding hydrogens is 382 g/mol. The summed E-state index contributed by atoms with van der Waals surface area (Å²) >= 11 is 1.58. The normalized spacial score (nSPS) is 22.2. The first-order valence-corrected chi connectivity index (χ1v) is 12.2. The van der Waals surface area contributed by atoms with Gasteiger partial charge in [0.2, 0.25) is 11.8 Å². The van der Waals surface area contributed by atoms with Crippen LogP contribution in [-0.2, 0) is 9.59 Å². The second-order valence-corrected chi connectivity index (χ2v) is 9.68. The van der Waals surface area contributed by atoms with E-state index >= 15 is 0 Å². The molecule has 1 saturated heterocycles. The molecule has 1 N–H and O–H groups in total. The number of hydrogen-bond donors (Lipinski definition) is 1. The first-order valence-electron chi connectivity index (χ1n) is 11.2. The third kappa shape index (κ3) is 4.80. The molecule has 5 nitrogen and oxygen atoms in total. The van der Waals surface area contributed by atoms with Gasteiger partial charge in [-0.05, 0) is 50.9 Å². The predicted octanol–water partition coefficient (Wildman–Crippen LogP) is 3.82. The fraction of sp³-hybridized carbons (Fsp3) is 0.652. The van der Waals surface area contributed by atoms with Crippen LogP contribution in [0.4, 0.5) is 5.69 Å². The number of anilines is 1. The maximum Gasteiger partial charge on any atom is 0.237 e. The van der Waals surface area contributed by atoms with E-state index in [9.17, 15) is 9.59 Å². The van der Waals surface area contributed by atoms with Crippen LogP contribution in [0.5, 0.6) is 0 Å². The molecule has 4 rings (SSSR count). The van der Waals surface area contributed by atoms with Crippen molar-refractivity contribution in [1.29, 1.82) is 0 Å². The molecule has 1 saturated carbocycles. The average Bonchev–Trinajstić information content (AvgIpc) is 2.78. The van der Waals surface area contributed by atoms with Crippen molar-refractivity contribution in [1.82, 2.24) is 10.2 Å². The van der Waals surface area contributed by atoms with Gasteiger partial charge >= 0.3 is 0 Å². The van der Waals surface area contributed by atoms with E-state index in [1.807, 2.05) is 24.3 Å². The standard InChI is InChI=1S/C23H33N3O2S/c27-21(11-16-26-19-9-3-4-10-20(19)29-17-22(26)28)24-18-23(12-5-1-6-13-23)25-14-7-2-8-15-25/h3-4,9-10H,1-2,5-8,11-18H2,(H,24,27). The van der Waals surface area contributed by atoms with E-state index in [2.05, 4.69) is 10.2 Å². The molecule has 0 atom stereocenters. The number of fused-ring (bicyclic) bond motifs is 1. The Morgan fingerprint density at radius 2 is 1.76 bits per heavy atom. The van der Waals surface area contributed by atoms with Gasteiger partial charge in [-0.2, -0.15) is 0 Å². The highest BCUT2D eigenvalue weighted by atomic mass is 32.2. The summed E-state index contributed by atoms with van der Waals surface area (Å²) in [5.41, 5.74) is 1.09. The Kier molecular flexibility index (Phi) is 6.81. The fourth-order valence-corrected chi connectivity index (χ4v) is 6.08. The number of para-hydroxylation sites is 1. The van der Waals surface area contributed by atoms with E-state index in [0.29, 0.717) is 18.7 Å². The molecule has 0 unspecified atom stereocenters. The van der Waals surface area contributed by atoms with Crippen molar-refractivity contribution < 1.29 is 9.59 Å². The Hall–Kier alpha value is -1.53. The zero-order chi connectivity index (χ0) is 20.1. The molecule has 0 aromatic heterocycles. The van der Waals surface area contributed by atoms with Crippen LogP contribution in [0.15, 0.2) is 29.2 Å². The van der Waals surface area contributed by atoms with Gasteiger partial charge in [-0.15, -0.1) is 11.8 Å². The second kappa shape index (κ2) is 9.52. The highest BCUT2D eigenvalue weighted by Crippen LogP contribution is 2.36. The SMILES string of the molecule is O=C(CCN1C(=O)CSc2ccccc21)NCC1(N2CCCCC2)CCCCC1.